The second kappa shape index (κ2) is 8.94. The van der Waals surface area contributed by atoms with E-state index in [0.29, 0.717) is 19.0 Å². The van der Waals surface area contributed by atoms with Crippen molar-refractivity contribution < 1.29 is 14.6 Å². The van der Waals surface area contributed by atoms with Gasteiger partial charge in [0.05, 0.1) is 19.8 Å². The number of carbonyl (C=O) groups excluding carboxylic acids is 1. The summed E-state index contributed by atoms with van der Waals surface area (Å²) in [5, 5.41) is 8.28. The van der Waals surface area contributed by atoms with Crippen LogP contribution in [0.5, 0.6) is 0 Å². The number of aldehydes is 1. The molecular weight excluding hydrogens is 152 g/mol. The van der Waals surface area contributed by atoms with E-state index < -0.39 is 0 Å². The van der Waals surface area contributed by atoms with Crippen molar-refractivity contribution in [2.24, 2.45) is 0 Å². The van der Waals surface area contributed by atoms with E-state index in [-0.39, 0.29) is 6.61 Å². The van der Waals surface area contributed by atoms with Crippen molar-refractivity contribution in [2.45, 2.75) is 0 Å². The number of rotatable bonds is 7. The minimum Gasteiger partial charge on any atom is -0.394 e. The van der Waals surface area contributed by atoms with Gasteiger partial charge in [-0.25, -0.2) is 0 Å². The fourth-order valence-corrected chi connectivity index (χ4v) is 0.915. The Morgan fingerprint density at radius 2 is 2.30 bits per heavy atom. The molecule has 0 atom stereocenters. The molecule has 0 amide bonds. The van der Waals surface area contributed by atoms with Crippen molar-refractivity contribution >= 4 is 18.0 Å². The maximum Gasteiger partial charge on any atom is 0.129 e. The first-order valence-corrected chi connectivity index (χ1v) is 4.27. The number of ether oxygens (including phenoxy) is 1. The van der Waals surface area contributed by atoms with Gasteiger partial charge < -0.3 is 14.6 Å². The molecule has 10 heavy (non-hydrogen) atoms. The first-order valence-electron chi connectivity index (χ1n) is 3.11. The molecule has 0 fully saturated rings. The van der Waals surface area contributed by atoms with E-state index in [9.17, 15) is 4.79 Å². The Kier molecular flexibility index (Phi) is 8.89. The largest absolute Gasteiger partial charge is 0.394 e. The Morgan fingerprint density at radius 3 is 2.90 bits per heavy atom. The molecule has 60 valence electrons. The molecule has 0 aromatic heterocycles. The fraction of sp³-hybridized carbons (Fsp3) is 0.833. The van der Waals surface area contributed by atoms with E-state index in [0.717, 1.165) is 12.0 Å². The van der Waals surface area contributed by atoms with Crippen molar-refractivity contribution in [1.82, 2.24) is 0 Å². The Labute approximate surface area is 64.8 Å². The normalized spacial score (nSPS) is 9.70. The summed E-state index contributed by atoms with van der Waals surface area (Å²) in [6, 6.07) is 0. The summed E-state index contributed by atoms with van der Waals surface area (Å²) in [6.07, 6.45) is 0.872. The van der Waals surface area contributed by atoms with Crippen molar-refractivity contribution in [1.29, 1.82) is 0 Å². The topological polar surface area (TPSA) is 46.5 Å². The van der Waals surface area contributed by atoms with E-state index >= 15 is 0 Å². The van der Waals surface area contributed by atoms with Crippen LogP contribution in [0.25, 0.3) is 0 Å². The van der Waals surface area contributed by atoms with Gasteiger partial charge in [0.15, 0.2) is 0 Å². The molecule has 0 unspecified atom stereocenters. The van der Waals surface area contributed by atoms with Crippen molar-refractivity contribution in [3.63, 3.8) is 0 Å². The Balaban J connectivity index is 2.70. The molecule has 0 heterocycles. The quantitative estimate of drug-likeness (QED) is 0.422. The van der Waals surface area contributed by atoms with Crippen molar-refractivity contribution in [2.75, 3.05) is 31.3 Å². The molecule has 0 bridgehead atoms. The molecule has 0 radical (unpaired) electrons. The highest BCUT2D eigenvalue weighted by Gasteiger charge is 1.87. The van der Waals surface area contributed by atoms with Gasteiger partial charge in [-0.3, -0.25) is 0 Å². The van der Waals surface area contributed by atoms with Crippen LogP contribution >= 0.6 is 11.8 Å². The molecule has 1 N–H and O–H groups in total. The van der Waals surface area contributed by atoms with Crippen LogP contribution < -0.4 is 0 Å². The average Bonchev–Trinajstić information content (AvgIpc) is 1.97. The minimum absolute atomic E-state index is 0.0678. The minimum atomic E-state index is 0.0678. The second-order valence-electron chi connectivity index (χ2n) is 1.58. The molecule has 0 saturated carbocycles. The summed E-state index contributed by atoms with van der Waals surface area (Å²) < 4.78 is 4.94. The monoisotopic (exact) mass is 164 g/mol. The van der Waals surface area contributed by atoms with Crippen LogP contribution in [0.1, 0.15) is 0 Å². The van der Waals surface area contributed by atoms with Crippen LogP contribution in [-0.2, 0) is 9.53 Å². The smallest absolute Gasteiger partial charge is 0.129 e. The van der Waals surface area contributed by atoms with E-state index in [1.807, 2.05) is 0 Å². The highest BCUT2D eigenvalue weighted by Crippen LogP contribution is 1.95. The predicted molar refractivity (Wildman–Crippen MR) is 41.3 cm³/mol. The standard InChI is InChI=1S/C6H12O3S/c7-1-3-9-4-6-10-5-2-8/h2,7H,1,3-6H2. The molecule has 0 aromatic rings. The first kappa shape index (κ1) is 9.94. The molecular formula is C6H12O3S. The Morgan fingerprint density at radius 1 is 1.50 bits per heavy atom. The van der Waals surface area contributed by atoms with E-state index in [1.165, 1.54) is 11.8 Å². The van der Waals surface area contributed by atoms with Crippen LogP contribution in [0.15, 0.2) is 0 Å². The second-order valence-corrected chi connectivity index (χ2v) is 2.73. The lowest BCUT2D eigenvalue weighted by Gasteiger charge is -1.98. The van der Waals surface area contributed by atoms with Crippen LogP contribution in [0, 0.1) is 0 Å². The summed E-state index contributed by atoms with van der Waals surface area (Å²) in [7, 11) is 0. The molecule has 0 aromatic carbocycles. The summed E-state index contributed by atoms with van der Waals surface area (Å²) in [4.78, 5) is 9.79. The van der Waals surface area contributed by atoms with Gasteiger partial charge in [-0.1, -0.05) is 0 Å². The van der Waals surface area contributed by atoms with E-state index in [1.54, 1.807) is 0 Å². The molecule has 0 aliphatic heterocycles. The highest BCUT2D eigenvalue weighted by atomic mass is 32.2. The molecule has 0 aliphatic rings. The lowest BCUT2D eigenvalue weighted by atomic mass is 10.7. The van der Waals surface area contributed by atoms with Crippen LogP contribution in [-0.4, -0.2) is 42.7 Å². The number of aliphatic hydroxyl groups is 1. The summed E-state index contributed by atoms with van der Waals surface area (Å²) >= 11 is 1.53. The van der Waals surface area contributed by atoms with Crippen molar-refractivity contribution in [3.8, 4) is 0 Å². The lowest BCUT2D eigenvalue weighted by molar-refractivity contribution is -0.105. The van der Waals surface area contributed by atoms with Gasteiger partial charge in [-0.2, -0.15) is 11.8 Å². The number of carbonyl (C=O) groups is 1. The number of hydrogen-bond acceptors (Lipinski definition) is 4. The van der Waals surface area contributed by atoms with Crippen LogP contribution in [0.2, 0.25) is 0 Å². The predicted octanol–water partition coefficient (Wildman–Crippen LogP) is -0.0726. The zero-order valence-electron chi connectivity index (χ0n) is 5.78. The summed E-state index contributed by atoms with van der Waals surface area (Å²) in [6.45, 7) is 1.07. The molecule has 3 nitrogen and oxygen atoms in total. The summed E-state index contributed by atoms with van der Waals surface area (Å²) in [5.41, 5.74) is 0. The number of thioether (sulfide) groups is 1. The molecule has 0 saturated heterocycles. The fourth-order valence-electron chi connectivity index (χ4n) is 0.416. The molecule has 0 aliphatic carbocycles. The zero-order chi connectivity index (χ0) is 7.66. The third-order valence-corrected chi connectivity index (χ3v) is 1.62. The van der Waals surface area contributed by atoms with Gasteiger partial charge in [-0.15, -0.1) is 0 Å². The third-order valence-electron chi connectivity index (χ3n) is 0.794. The molecule has 0 spiro atoms. The van der Waals surface area contributed by atoms with Gasteiger partial charge in [0.2, 0.25) is 0 Å². The van der Waals surface area contributed by atoms with Crippen LogP contribution in [0.4, 0.5) is 0 Å². The average molecular weight is 164 g/mol. The Hall–Kier alpha value is -0.0600. The Bertz CT molecular complexity index is 77.4. The maximum atomic E-state index is 9.79. The third kappa shape index (κ3) is 7.94. The van der Waals surface area contributed by atoms with Gasteiger partial charge >= 0.3 is 0 Å². The highest BCUT2D eigenvalue weighted by molar-refractivity contribution is 7.99. The van der Waals surface area contributed by atoms with Crippen LogP contribution in [0.3, 0.4) is 0 Å². The lowest BCUT2D eigenvalue weighted by Crippen LogP contribution is -2.02. The SMILES string of the molecule is O=CCSCCOCCO. The molecule has 4 heteroatoms. The van der Waals surface area contributed by atoms with E-state index in [4.69, 9.17) is 9.84 Å². The van der Waals surface area contributed by atoms with Gasteiger partial charge in [0.25, 0.3) is 0 Å². The number of hydrogen-bond donors (Lipinski definition) is 1. The summed E-state index contributed by atoms with van der Waals surface area (Å²) in [5.74, 6) is 1.35. The van der Waals surface area contributed by atoms with Gasteiger partial charge in [0, 0.05) is 11.5 Å². The van der Waals surface area contributed by atoms with Gasteiger partial charge in [0.1, 0.15) is 6.29 Å². The maximum absolute atomic E-state index is 9.79. The van der Waals surface area contributed by atoms with Gasteiger partial charge in [-0.05, 0) is 0 Å². The first-order chi connectivity index (χ1) is 4.91. The number of aliphatic hydroxyl groups excluding tert-OH is 1. The molecule has 0 rings (SSSR count). The van der Waals surface area contributed by atoms with E-state index in [2.05, 4.69) is 0 Å². The zero-order valence-corrected chi connectivity index (χ0v) is 6.60. The van der Waals surface area contributed by atoms with Crippen molar-refractivity contribution in [3.05, 3.63) is 0 Å².